The van der Waals surface area contributed by atoms with Crippen LogP contribution in [0.4, 0.5) is 0 Å². The highest BCUT2D eigenvalue weighted by atomic mass is 35.5. The van der Waals surface area contributed by atoms with Gasteiger partial charge in [0.05, 0.1) is 6.54 Å². The fourth-order valence-electron chi connectivity index (χ4n) is 4.05. The molecule has 2 heterocycles. The maximum atomic E-state index is 6.01. The molecule has 29 heavy (non-hydrogen) atoms. The molecule has 152 valence electrons. The van der Waals surface area contributed by atoms with Gasteiger partial charge in [-0.1, -0.05) is 61.0 Å². The van der Waals surface area contributed by atoms with E-state index in [9.17, 15) is 0 Å². The lowest BCUT2D eigenvalue weighted by molar-refractivity contribution is 0.259. The fraction of sp³-hybridized carbons (Fsp3) is 0.391. The molecule has 5 nitrogen and oxygen atoms in total. The standard InChI is InChI=1S/C23H28ClN5/c1-2-28-14-6-9-21(28)15-25-16-22-23(19-7-4-3-5-8-19)27-29(26-22)17-18-10-12-20(24)13-11-18/h3-5,7-8,10-13,21,25H,2,6,9,14-17H2,1H3/t21-/m1/s1. The van der Waals surface area contributed by atoms with Crippen LogP contribution in [0.15, 0.2) is 54.6 Å². The zero-order chi connectivity index (χ0) is 20.1. The molecule has 1 saturated heterocycles. The first-order valence-corrected chi connectivity index (χ1v) is 10.8. The molecule has 2 aromatic carbocycles. The van der Waals surface area contributed by atoms with Crippen molar-refractivity contribution in [3.8, 4) is 11.3 Å². The van der Waals surface area contributed by atoms with Gasteiger partial charge >= 0.3 is 0 Å². The SMILES string of the molecule is CCN1CCC[C@@H]1CNCc1nn(Cc2ccc(Cl)cc2)nc1-c1ccccc1. The monoisotopic (exact) mass is 409 g/mol. The number of likely N-dealkylation sites (N-methyl/N-ethyl adjacent to an activating group) is 1. The molecule has 1 atom stereocenters. The van der Waals surface area contributed by atoms with Crippen LogP contribution in [-0.4, -0.2) is 45.6 Å². The Kier molecular flexibility index (Phi) is 6.60. The minimum atomic E-state index is 0.628. The maximum Gasteiger partial charge on any atom is 0.117 e. The van der Waals surface area contributed by atoms with E-state index in [0.29, 0.717) is 12.6 Å². The number of likely N-dealkylation sites (tertiary alicyclic amines) is 1. The van der Waals surface area contributed by atoms with Crippen molar-refractivity contribution < 1.29 is 0 Å². The number of aromatic nitrogens is 3. The normalized spacial score (nSPS) is 17.1. The van der Waals surface area contributed by atoms with Crippen LogP contribution >= 0.6 is 11.6 Å². The molecule has 3 aromatic rings. The minimum Gasteiger partial charge on any atom is -0.309 e. The lowest BCUT2D eigenvalue weighted by Crippen LogP contribution is -2.37. The van der Waals surface area contributed by atoms with E-state index in [0.717, 1.165) is 47.2 Å². The summed E-state index contributed by atoms with van der Waals surface area (Å²) >= 11 is 6.01. The first kappa shape index (κ1) is 20.1. The van der Waals surface area contributed by atoms with Gasteiger partial charge in [-0.3, -0.25) is 4.90 Å². The molecule has 0 bridgehead atoms. The van der Waals surface area contributed by atoms with Crippen LogP contribution in [-0.2, 0) is 13.1 Å². The molecule has 1 N–H and O–H groups in total. The third kappa shape index (κ3) is 5.04. The molecule has 0 radical (unpaired) electrons. The predicted octanol–water partition coefficient (Wildman–Crippen LogP) is 4.22. The second-order valence-electron chi connectivity index (χ2n) is 7.57. The van der Waals surface area contributed by atoms with Crippen molar-refractivity contribution in [1.29, 1.82) is 0 Å². The molecule has 0 saturated carbocycles. The van der Waals surface area contributed by atoms with Crippen LogP contribution in [0.25, 0.3) is 11.3 Å². The van der Waals surface area contributed by atoms with Crippen molar-refractivity contribution >= 4 is 11.6 Å². The summed E-state index contributed by atoms with van der Waals surface area (Å²) in [7, 11) is 0. The Morgan fingerprint density at radius 2 is 1.86 bits per heavy atom. The quantitative estimate of drug-likeness (QED) is 0.605. The van der Waals surface area contributed by atoms with Gasteiger partial charge in [0, 0.05) is 29.7 Å². The van der Waals surface area contributed by atoms with Crippen molar-refractivity contribution in [2.45, 2.75) is 38.9 Å². The van der Waals surface area contributed by atoms with Gasteiger partial charge in [0.1, 0.15) is 11.4 Å². The van der Waals surface area contributed by atoms with Gasteiger partial charge in [0.25, 0.3) is 0 Å². The molecule has 4 rings (SSSR count). The van der Waals surface area contributed by atoms with Crippen molar-refractivity contribution in [3.63, 3.8) is 0 Å². The average molecular weight is 410 g/mol. The second kappa shape index (κ2) is 9.53. The van der Waals surface area contributed by atoms with Crippen molar-refractivity contribution in [2.24, 2.45) is 0 Å². The summed E-state index contributed by atoms with van der Waals surface area (Å²) in [6.07, 6.45) is 2.57. The van der Waals surface area contributed by atoms with E-state index in [1.165, 1.54) is 19.4 Å². The van der Waals surface area contributed by atoms with Gasteiger partial charge in [0.15, 0.2) is 0 Å². The van der Waals surface area contributed by atoms with E-state index >= 15 is 0 Å². The highest BCUT2D eigenvalue weighted by Crippen LogP contribution is 2.21. The van der Waals surface area contributed by atoms with Crippen LogP contribution in [0, 0.1) is 0 Å². The van der Waals surface area contributed by atoms with E-state index in [1.807, 2.05) is 42.5 Å². The fourth-order valence-corrected chi connectivity index (χ4v) is 4.17. The summed E-state index contributed by atoms with van der Waals surface area (Å²) in [5.41, 5.74) is 4.17. The lowest BCUT2D eigenvalue weighted by Gasteiger charge is -2.22. The highest BCUT2D eigenvalue weighted by Gasteiger charge is 2.22. The van der Waals surface area contributed by atoms with Gasteiger partial charge in [-0.2, -0.15) is 15.0 Å². The van der Waals surface area contributed by atoms with E-state index in [-0.39, 0.29) is 0 Å². The Hall–Kier alpha value is -2.21. The third-order valence-corrected chi connectivity index (χ3v) is 5.84. The van der Waals surface area contributed by atoms with Gasteiger partial charge in [-0.15, -0.1) is 0 Å². The molecule has 1 aromatic heterocycles. The van der Waals surface area contributed by atoms with E-state index < -0.39 is 0 Å². The minimum absolute atomic E-state index is 0.628. The largest absolute Gasteiger partial charge is 0.309 e. The Morgan fingerprint density at radius 1 is 1.07 bits per heavy atom. The zero-order valence-corrected chi connectivity index (χ0v) is 17.6. The van der Waals surface area contributed by atoms with Crippen molar-refractivity contribution in [2.75, 3.05) is 19.6 Å². The van der Waals surface area contributed by atoms with Crippen LogP contribution in [0.5, 0.6) is 0 Å². The first-order chi connectivity index (χ1) is 14.2. The molecule has 1 aliphatic rings. The number of rotatable bonds is 8. The van der Waals surface area contributed by atoms with Gasteiger partial charge in [0.2, 0.25) is 0 Å². The molecule has 0 unspecified atom stereocenters. The van der Waals surface area contributed by atoms with Gasteiger partial charge < -0.3 is 5.32 Å². The molecule has 0 aliphatic carbocycles. The van der Waals surface area contributed by atoms with Crippen LogP contribution in [0.2, 0.25) is 5.02 Å². The first-order valence-electron chi connectivity index (χ1n) is 10.4. The maximum absolute atomic E-state index is 6.01. The molecular formula is C23H28ClN5. The van der Waals surface area contributed by atoms with E-state index in [1.54, 1.807) is 4.80 Å². The van der Waals surface area contributed by atoms with Crippen LogP contribution < -0.4 is 5.32 Å². The smallest absolute Gasteiger partial charge is 0.117 e. The molecular weight excluding hydrogens is 382 g/mol. The topological polar surface area (TPSA) is 46.0 Å². The summed E-state index contributed by atoms with van der Waals surface area (Å²) in [6.45, 7) is 6.93. The third-order valence-electron chi connectivity index (χ3n) is 5.59. The van der Waals surface area contributed by atoms with E-state index in [4.69, 9.17) is 21.8 Å². The Balaban J connectivity index is 1.49. The van der Waals surface area contributed by atoms with Crippen LogP contribution in [0.1, 0.15) is 31.0 Å². The van der Waals surface area contributed by atoms with Gasteiger partial charge in [-0.05, 0) is 43.6 Å². The highest BCUT2D eigenvalue weighted by molar-refractivity contribution is 6.30. The Labute approximate surface area is 177 Å². The Morgan fingerprint density at radius 3 is 2.62 bits per heavy atom. The number of benzene rings is 2. The average Bonchev–Trinajstić information content (AvgIpc) is 3.37. The van der Waals surface area contributed by atoms with Crippen molar-refractivity contribution in [1.82, 2.24) is 25.2 Å². The molecule has 0 amide bonds. The predicted molar refractivity (Wildman–Crippen MR) is 118 cm³/mol. The summed E-state index contributed by atoms with van der Waals surface area (Å²) in [4.78, 5) is 4.35. The summed E-state index contributed by atoms with van der Waals surface area (Å²) < 4.78 is 0. The number of nitrogens with one attached hydrogen (secondary N) is 1. The summed E-state index contributed by atoms with van der Waals surface area (Å²) in [5, 5.41) is 14.0. The Bertz CT molecular complexity index is 907. The number of hydrogen-bond donors (Lipinski definition) is 1. The number of hydrogen-bond acceptors (Lipinski definition) is 4. The summed E-state index contributed by atoms with van der Waals surface area (Å²) in [6, 6.07) is 18.8. The molecule has 0 spiro atoms. The molecule has 1 fully saturated rings. The number of nitrogens with zero attached hydrogens (tertiary/aromatic N) is 4. The van der Waals surface area contributed by atoms with Crippen LogP contribution in [0.3, 0.4) is 0 Å². The number of halogens is 1. The van der Waals surface area contributed by atoms with E-state index in [2.05, 4.69) is 29.3 Å². The van der Waals surface area contributed by atoms with Gasteiger partial charge in [-0.25, -0.2) is 0 Å². The zero-order valence-electron chi connectivity index (χ0n) is 16.9. The molecule has 1 aliphatic heterocycles. The summed E-state index contributed by atoms with van der Waals surface area (Å²) in [5.74, 6) is 0. The van der Waals surface area contributed by atoms with Crippen molar-refractivity contribution in [3.05, 3.63) is 70.9 Å². The molecule has 6 heteroatoms. The lowest BCUT2D eigenvalue weighted by atomic mass is 10.1. The second-order valence-corrected chi connectivity index (χ2v) is 8.01.